The molecule has 0 aliphatic carbocycles. The van der Waals surface area contributed by atoms with E-state index in [9.17, 15) is 0 Å². The Morgan fingerprint density at radius 2 is 0.803 bits per heavy atom. The van der Waals surface area contributed by atoms with Crippen molar-refractivity contribution in [3.05, 3.63) is 231 Å². The molecule has 0 N–H and O–H groups in total. The monoisotopic (exact) mass is 792 g/mol. The first kappa shape index (κ1) is 35.2. The molecule has 2 heterocycles. The van der Waals surface area contributed by atoms with Crippen LogP contribution in [-0.2, 0) is 0 Å². The van der Waals surface area contributed by atoms with Crippen LogP contribution in [0.3, 0.4) is 0 Å². The van der Waals surface area contributed by atoms with Crippen LogP contribution in [0.4, 0.5) is 17.1 Å². The van der Waals surface area contributed by atoms with Crippen LogP contribution in [0, 0.1) is 0 Å². The van der Waals surface area contributed by atoms with Gasteiger partial charge in [-0.2, -0.15) is 0 Å². The molecule has 285 valence electrons. The molecule has 11 aromatic rings. The smallest absolute Gasteiger partial charge is 0.156 e. The lowest BCUT2D eigenvalue weighted by atomic mass is 9.92. The Bertz CT molecular complexity index is 3290. The maximum absolute atomic E-state index is 6.74. The van der Waals surface area contributed by atoms with Crippen molar-refractivity contribution in [2.75, 3.05) is 4.90 Å². The minimum absolute atomic E-state index is 0.903. The first-order valence-corrected chi connectivity index (χ1v) is 22.4. The SMILES string of the molecule is c1ccc(-c2ccc(N(c3ccc(-c4ccccc4)cc3)c3ccc(-c4cccc5oc6ccc7ccc8c(c7c6c45)-c4ccccc4[Si]8c4ccccc4)cc3)cc2)cc1. The summed E-state index contributed by atoms with van der Waals surface area (Å²) < 4.78 is 6.74. The highest BCUT2D eigenvalue weighted by Crippen LogP contribution is 2.45. The molecule has 1 aliphatic heterocycles. The topological polar surface area (TPSA) is 16.4 Å². The van der Waals surface area contributed by atoms with E-state index in [-0.39, 0.29) is 0 Å². The van der Waals surface area contributed by atoms with Gasteiger partial charge in [0.05, 0.1) is 0 Å². The van der Waals surface area contributed by atoms with Gasteiger partial charge >= 0.3 is 0 Å². The Labute approximate surface area is 356 Å². The van der Waals surface area contributed by atoms with Crippen LogP contribution in [0.15, 0.2) is 235 Å². The van der Waals surface area contributed by atoms with Crippen molar-refractivity contribution >= 4 is 74.1 Å². The van der Waals surface area contributed by atoms with E-state index >= 15 is 0 Å². The number of hydrogen-bond acceptors (Lipinski definition) is 2. The predicted molar refractivity (Wildman–Crippen MR) is 259 cm³/mol. The highest BCUT2D eigenvalue weighted by Gasteiger charge is 2.34. The van der Waals surface area contributed by atoms with E-state index in [1.54, 1.807) is 0 Å². The molecule has 61 heavy (non-hydrogen) atoms. The minimum atomic E-state index is -1.19. The molecule has 3 heteroatoms. The van der Waals surface area contributed by atoms with Crippen LogP contribution in [0.5, 0.6) is 0 Å². The second kappa shape index (κ2) is 14.5. The summed E-state index contributed by atoms with van der Waals surface area (Å²) in [6, 6.07) is 83.8. The van der Waals surface area contributed by atoms with Crippen molar-refractivity contribution < 1.29 is 4.42 Å². The van der Waals surface area contributed by atoms with Crippen molar-refractivity contribution in [2.24, 2.45) is 0 Å². The minimum Gasteiger partial charge on any atom is -0.456 e. The zero-order valence-electron chi connectivity index (χ0n) is 33.3. The Kier molecular flexibility index (Phi) is 8.39. The van der Waals surface area contributed by atoms with Gasteiger partial charge in [0.2, 0.25) is 0 Å². The Balaban J connectivity index is 1.000. The lowest BCUT2D eigenvalue weighted by molar-refractivity contribution is 0.669. The van der Waals surface area contributed by atoms with Crippen LogP contribution in [0.2, 0.25) is 0 Å². The van der Waals surface area contributed by atoms with Crippen molar-refractivity contribution in [3.8, 4) is 44.5 Å². The van der Waals surface area contributed by atoms with Gasteiger partial charge < -0.3 is 9.32 Å². The number of nitrogens with zero attached hydrogens (tertiary/aromatic N) is 1. The second-order valence-electron chi connectivity index (χ2n) is 15.8. The summed E-state index contributed by atoms with van der Waals surface area (Å²) in [7, 11) is -1.19. The molecular formula is C58H38NOSi. The van der Waals surface area contributed by atoms with Gasteiger partial charge in [0, 0.05) is 33.2 Å². The average Bonchev–Trinajstić information content (AvgIpc) is 3.90. The molecule has 0 saturated carbocycles. The van der Waals surface area contributed by atoms with E-state index in [2.05, 4.69) is 235 Å². The highest BCUT2D eigenvalue weighted by molar-refractivity contribution is 6.99. The molecular weight excluding hydrogens is 755 g/mol. The van der Waals surface area contributed by atoms with Gasteiger partial charge in [-0.15, -0.1) is 0 Å². The summed E-state index contributed by atoms with van der Waals surface area (Å²) in [6.07, 6.45) is 0. The molecule has 0 spiro atoms. The van der Waals surface area contributed by atoms with E-state index in [1.807, 2.05) is 0 Å². The maximum Gasteiger partial charge on any atom is 0.156 e. The van der Waals surface area contributed by atoms with Gasteiger partial charge in [-0.05, 0) is 109 Å². The standard InChI is InChI=1S/C58H38NOSi/c1-4-13-39(14-5-1)41-23-31-45(32-24-41)59(46-33-25-42(26-34-46)40-15-6-2-7-16-40)47-35-27-43(28-36-47)49-20-12-21-51-56(49)58-52(60-51)37-29-44-30-38-54-57(55(44)58)50-19-10-11-22-53(50)61(54)48-17-8-3-9-18-48/h1-38H. The first-order valence-electron chi connectivity index (χ1n) is 20.9. The van der Waals surface area contributed by atoms with Crippen LogP contribution in [0.1, 0.15) is 0 Å². The van der Waals surface area contributed by atoms with Gasteiger partial charge in [-0.1, -0.05) is 187 Å². The summed E-state index contributed by atoms with van der Waals surface area (Å²) in [6.45, 7) is 0. The third-order valence-electron chi connectivity index (χ3n) is 12.3. The lowest BCUT2D eigenvalue weighted by Crippen LogP contribution is -2.48. The quantitative estimate of drug-likeness (QED) is 0.149. The van der Waals surface area contributed by atoms with Gasteiger partial charge in [-0.25, -0.2) is 0 Å². The molecule has 0 fully saturated rings. The highest BCUT2D eigenvalue weighted by atomic mass is 28.3. The fourth-order valence-corrected chi connectivity index (χ4v) is 12.5. The van der Waals surface area contributed by atoms with Gasteiger partial charge in [0.1, 0.15) is 11.2 Å². The zero-order chi connectivity index (χ0) is 40.3. The molecule has 0 atom stereocenters. The normalized spacial score (nSPS) is 12.2. The van der Waals surface area contributed by atoms with Crippen LogP contribution >= 0.6 is 0 Å². The third-order valence-corrected chi connectivity index (χ3v) is 15.2. The number of hydrogen-bond donors (Lipinski definition) is 0. The largest absolute Gasteiger partial charge is 0.456 e. The fraction of sp³-hybridized carbons (Fsp3) is 0. The zero-order valence-corrected chi connectivity index (χ0v) is 34.3. The molecule has 1 radical (unpaired) electrons. The number of anilines is 3. The molecule has 12 rings (SSSR count). The summed E-state index contributed by atoms with van der Waals surface area (Å²) >= 11 is 0. The van der Waals surface area contributed by atoms with Gasteiger partial charge in [0.15, 0.2) is 8.80 Å². The molecule has 0 amide bonds. The van der Waals surface area contributed by atoms with Crippen molar-refractivity contribution in [1.82, 2.24) is 0 Å². The average molecular weight is 793 g/mol. The van der Waals surface area contributed by atoms with E-state index in [4.69, 9.17) is 4.42 Å². The van der Waals surface area contributed by atoms with Crippen molar-refractivity contribution in [2.45, 2.75) is 0 Å². The predicted octanol–water partition coefficient (Wildman–Crippen LogP) is 13.7. The summed E-state index contributed by atoms with van der Waals surface area (Å²) in [5, 5.41) is 9.18. The molecule has 0 saturated heterocycles. The second-order valence-corrected chi connectivity index (χ2v) is 18.2. The number of rotatable bonds is 7. The molecule has 10 aromatic carbocycles. The van der Waals surface area contributed by atoms with Crippen LogP contribution in [0.25, 0.3) is 77.2 Å². The number of benzene rings is 10. The van der Waals surface area contributed by atoms with E-state index < -0.39 is 8.80 Å². The third kappa shape index (κ3) is 5.93. The molecule has 0 bridgehead atoms. The summed E-state index contributed by atoms with van der Waals surface area (Å²) in [5.41, 5.74) is 14.9. The van der Waals surface area contributed by atoms with E-state index in [0.717, 1.165) is 39.2 Å². The lowest BCUT2D eigenvalue weighted by Gasteiger charge is -2.26. The van der Waals surface area contributed by atoms with Gasteiger partial charge in [-0.3, -0.25) is 0 Å². The Hall–Kier alpha value is -7.72. The molecule has 2 nitrogen and oxygen atoms in total. The first-order chi connectivity index (χ1) is 30.3. The Morgan fingerprint density at radius 3 is 1.43 bits per heavy atom. The summed E-state index contributed by atoms with van der Waals surface area (Å²) in [4.78, 5) is 2.35. The molecule has 1 aromatic heterocycles. The van der Waals surface area contributed by atoms with Crippen LogP contribution in [-0.4, -0.2) is 8.80 Å². The van der Waals surface area contributed by atoms with Crippen LogP contribution < -0.4 is 20.5 Å². The summed E-state index contributed by atoms with van der Waals surface area (Å²) in [5.74, 6) is 0. The fourth-order valence-electron chi connectivity index (χ4n) is 9.54. The molecule has 1 aliphatic rings. The number of fused-ring (bicyclic) bond motifs is 9. The van der Waals surface area contributed by atoms with E-state index in [1.165, 1.54) is 70.7 Å². The number of furan rings is 1. The van der Waals surface area contributed by atoms with Crippen molar-refractivity contribution in [1.29, 1.82) is 0 Å². The van der Waals surface area contributed by atoms with E-state index in [0.29, 0.717) is 0 Å². The molecule has 0 unspecified atom stereocenters. The Morgan fingerprint density at radius 1 is 0.311 bits per heavy atom. The van der Waals surface area contributed by atoms with Gasteiger partial charge in [0.25, 0.3) is 0 Å². The maximum atomic E-state index is 6.74. The van der Waals surface area contributed by atoms with Crippen molar-refractivity contribution in [3.63, 3.8) is 0 Å².